The van der Waals surface area contributed by atoms with Gasteiger partial charge >= 0.3 is 0 Å². The molecule has 3 N–H and O–H groups in total. The van der Waals surface area contributed by atoms with E-state index in [2.05, 4.69) is 25.3 Å². The summed E-state index contributed by atoms with van der Waals surface area (Å²) in [6.07, 6.45) is 1.39. The first-order chi connectivity index (χ1) is 13.4. The molecule has 2 aromatic carbocycles. The predicted octanol–water partition coefficient (Wildman–Crippen LogP) is 3.07. The quantitative estimate of drug-likeness (QED) is 0.525. The van der Waals surface area contributed by atoms with Gasteiger partial charge in [-0.2, -0.15) is 0 Å². The van der Waals surface area contributed by atoms with E-state index in [9.17, 15) is 13.2 Å². The standard InChI is InChI=1S/C19H19N5O3S/c1-13(25)14-6-8-15(9-7-14)23-18-11-19(22-12-21-18)24-16-4-3-5-17(10-16)28(26,27)20-2/h3-12,20H,1-2H3,(H2,21,22,23,24). The molecule has 0 saturated heterocycles. The second kappa shape index (κ2) is 8.15. The van der Waals surface area contributed by atoms with Gasteiger partial charge in [-0.1, -0.05) is 6.07 Å². The molecule has 0 bridgehead atoms. The van der Waals surface area contributed by atoms with Crippen LogP contribution in [-0.2, 0) is 10.0 Å². The van der Waals surface area contributed by atoms with Crippen LogP contribution in [0.1, 0.15) is 17.3 Å². The van der Waals surface area contributed by atoms with Gasteiger partial charge in [0, 0.05) is 23.0 Å². The maximum absolute atomic E-state index is 11.9. The minimum absolute atomic E-state index is 0.00240. The lowest BCUT2D eigenvalue weighted by molar-refractivity contribution is 0.101. The second-order valence-corrected chi connectivity index (χ2v) is 7.79. The van der Waals surface area contributed by atoms with Crippen molar-refractivity contribution in [1.29, 1.82) is 0 Å². The van der Waals surface area contributed by atoms with Crippen LogP contribution in [0.3, 0.4) is 0 Å². The number of aromatic nitrogens is 2. The van der Waals surface area contributed by atoms with E-state index in [0.29, 0.717) is 22.9 Å². The van der Waals surface area contributed by atoms with Gasteiger partial charge in [-0.05, 0) is 56.4 Å². The molecule has 0 atom stereocenters. The Labute approximate surface area is 163 Å². The maximum Gasteiger partial charge on any atom is 0.240 e. The summed E-state index contributed by atoms with van der Waals surface area (Å²) in [5.74, 6) is 1.05. The maximum atomic E-state index is 11.9. The molecule has 0 unspecified atom stereocenters. The molecule has 1 aromatic heterocycles. The summed E-state index contributed by atoms with van der Waals surface area (Å²) in [4.78, 5) is 19.8. The van der Waals surface area contributed by atoms with Gasteiger partial charge in [-0.3, -0.25) is 4.79 Å². The van der Waals surface area contributed by atoms with E-state index < -0.39 is 10.0 Å². The number of sulfonamides is 1. The molecule has 0 spiro atoms. The largest absolute Gasteiger partial charge is 0.340 e. The zero-order chi connectivity index (χ0) is 20.1. The van der Waals surface area contributed by atoms with Crippen LogP contribution in [0.2, 0.25) is 0 Å². The Morgan fingerprint density at radius 2 is 1.54 bits per heavy atom. The molecular formula is C19H19N5O3S. The first-order valence-electron chi connectivity index (χ1n) is 8.38. The van der Waals surface area contributed by atoms with Crippen molar-refractivity contribution in [1.82, 2.24) is 14.7 Å². The third-order valence-electron chi connectivity index (χ3n) is 3.92. The molecule has 8 nitrogen and oxygen atoms in total. The second-order valence-electron chi connectivity index (χ2n) is 5.91. The fraction of sp³-hybridized carbons (Fsp3) is 0.105. The van der Waals surface area contributed by atoms with Gasteiger partial charge in [0.15, 0.2) is 5.78 Å². The molecule has 0 radical (unpaired) electrons. The van der Waals surface area contributed by atoms with Crippen molar-refractivity contribution in [3.63, 3.8) is 0 Å². The molecule has 9 heteroatoms. The SMILES string of the molecule is CNS(=O)(=O)c1cccc(Nc2cc(Nc3ccc(C(C)=O)cc3)ncn2)c1. The Balaban J connectivity index is 1.77. The number of nitrogens with zero attached hydrogens (tertiary/aromatic N) is 2. The van der Waals surface area contributed by atoms with Crippen molar-refractivity contribution in [3.8, 4) is 0 Å². The normalized spacial score (nSPS) is 11.1. The summed E-state index contributed by atoms with van der Waals surface area (Å²) >= 11 is 0. The molecule has 0 amide bonds. The van der Waals surface area contributed by atoms with Gasteiger partial charge in [-0.15, -0.1) is 0 Å². The number of Topliss-reactive ketones (excluding diaryl/α,β-unsaturated/α-hetero) is 1. The monoisotopic (exact) mass is 397 g/mol. The highest BCUT2D eigenvalue weighted by Gasteiger charge is 2.11. The summed E-state index contributed by atoms with van der Waals surface area (Å²) < 4.78 is 26.2. The van der Waals surface area contributed by atoms with Crippen molar-refractivity contribution < 1.29 is 13.2 Å². The molecule has 144 valence electrons. The first kappa shape index (κ1) is 19.5. The smallest absolute Gasteiger partial charge is 0.240 e. The average molecular weight is 397 g/mol. The van der Waals surface area contributed by atoms with Gasteiger partial charge in [0.1, 0.15) is 18.0 Å². The molecule has 0 aliphatic rings. The van der Waals surface area contributed by atoms with Crippen molar-refractivity contribution in [2.45, 2.75) is 11.8 Å². The van der Waals surface area contributed by atoms with E-state index in [-0.39, 0.29) is 10.7 Å². The van der Waals surface area contributed by atoms with E-state index in [1.807, 2.05) is 0 Å². The van der Waals surface area contributed by atoms with Gasteiger partial charge in [0.25, 0.3) is 0 Å². The Morgan fingerprint density at radius 3 is 2.14 bits per heavy atom. The fourth-order valence-electron chi connectivity index (χ4n) is 2.44. The van der Waals surface area contributed by atoms with Crippen molar-refractivity contribution in [2.75, 3.05) is 17.7 Å². The van der Waals surface area contributed by atoms with Gasteiger partial charge < -0.3 is 10.6 Å². The topological polar surface area (TPSA) is 113 Å². The van der Waals surface area contributed by atoms with Crippen LogP contribution < -0.4 is 15.4 Å². The molecule has 0 aliphatic carbocycles. The number of carbonyl (C=O) groups is 1. The van der Waals surface area contributed by atoms with E-state index in [1.165, 1.54) is 32.4 Å². The lowest BCUT2D eigenvalue weighted by atomic mass is 10.1. The van der Waals surface area contributed by atoms with E-state index >= 15 is 0 Å². The lowest BCUT2D eigenvalue weighted by Gasteiger charge is -2.10. The fourth-order valence-corrected chi connectivity index (χ4v) is 3.21. The lowest BCUT2D eigenvalue weighted by Crippen LogP contribution is -2.18. The highest BCUT2D eigenvalue weighted by atomic mass is 32.2. The van der Waals surface area contributed by atoms with Crippen molar-refractivity contribution in [2.24, 2.45) is 0 Å². The van der Waals surface area contributed by atoms with Crippen LogP contribution >= 0.6 is 0 Å². The first-order valence-corrected chi connectivity index (χ1v) is 9.86. The Bertz CT molecular complexity index is 1100. The molecule has 0 aliphatic heterocycles. The molecule has 0 saturated carbocycles. The highest BCUT2D eigenvalue weighted by molar-refractivity contribution is 7.89. The predicted molar refractivity (Wildman–Crippen MR) is 108 cm³/mol. The van der Waals surface area contributed by atoms with Crippen LogP contribution in [0, 0.1) is 0 Å². The number of hydrogen-bond acceptors (Lipinski definition) is 7. The summed E-state index contributed by atoms with van der Waals surface area (Å²) in [5.41, 5.74) is 1.98. The number of anilines is 4. The van der Waals surface area contributed by atoms with E-state index in [0.717, 1.165) is 5.69 Å². The number of rotatable bonds is 7. The van der Waals surface area contributed by atoms with Gasteiger partial charge in [0.2, 0.25) is 10.0 Å². The molecule has 3 rings (SSSR count). The Hall–Kier alpha value is -3.30. The van der Waals surface area contributed by atoms with Crippen molar-refractivity contribution in [3.05, 3.63) is 66.5 Å². The number of benzene rings is 2. The van der Waals surface area contributed by atoms with Crippen LogP contribution in [0.4, 0.5) is 23.0 Å². The minimum Gasteiger partial charge on any atom is -0.340 e. The zero-order valence-corrected chi connectivity index (χ0v) is 16.1. The number of hydrogen-bond donors (Lipinski definition) is 3. The van der Waals surface area contributed by atoms with E-state index in [4.69, 9.17) is 0 Å². The number of nitrogens with one attached hydrogen (secondary N) is 3. The number of ketones is 1. The third kappa shape index (κ3) is 4.70. The van der Waals surface area contributed by atoms with Gasteiger partial charge in [0.05, 0.1) is 4.90 Å². The molecule has 28 heavy (non-hydrogen) atoms. The van der Waals surface area contributed by atoms with Crippen LogP contribution in [0.5, 0.6) is 0 Å². The van der Waals surface area contributed by atoms with Gasteiger partial charge in [-0.25, -0.2) is 23.1 Å². The summed E-state index contributed by atoms with van der Waals surface area (Å²) in [6.45, 7) is 1.52. The summed E-state index contributed by atoms with van der Waals surface area (Å²) in [7, 11) is -2.17. The molecular weight excluding hydrogens is 378 g/mol. The van der Waals surface area contributed by atoms with Crippen LogP contribution in [0.15, 0.2) is 65.8 Å². The summed E-state index contributed by atoms with van der Waals surface area (Å²) in [6, 6.07) is 15.1. The molecule has 3 aromatic rings. The minimum atomic E-state index is -3.53. The Morgan fingerprint density at radius 1 is 0.893 bits per heavy atom. The molecule has 0 fully saturated rings. The highest BCUT2D eigenvalue weighted by Crippen LogP contribution is 2.21. The third-order valence-corrected chi connectivity index (χ3v) is 5.33. The Kier molecular flexibility index (Phi) is 5.67. The van der Waals surface area contributed by atoms with E-state index in [1.54, 1.807) is 42.5 Å². The summed E-state index contributed by atoms with van der Waals surface area (Å²) in [5, 5.41) is 6.20. The zero-order valence-electron chi connectivity index (χ0n) is 15.3. The average Bonchev–Trinajstić information content (AvgIpc) is 2.69. The molecule has 1 heterocycles. The van der Waals surface area contributed by atoms with Crippen molar-refractivity contribution >= 4 is 38.8 Å². The van der Waals surface area contributed by atoms with Crippen LogP contribution in [-0.4, -0.2) is 31.2 Å². The van der Waals surface area contributed by atoms with Crippen LogP contribution in [0.25, 0.3) is 0 Å². The number of carbonyl (C=O) groups excluding carboxylic acids is 1.